The van der Waals surface area contributed by atoms with Gasteiger partial charge in [-0.1, -0.05) is 0 Å². The van der Waals surface area contributed by atoms with E-state index in [0.717, 1.165) is 26.2 Å². The van der Waals surface area contributed by atoms with Gasteiger partial charge in [0.05, 0.1) is 5.60 Å². The first-order valence-corrected chi connectivity index (χ1v) is 8.43. The molecule has 0 bridgehead atoms. The summed E-state index contributed by atoms with van der Waals surface area (Å²) in [5.74, 6) is 0. The van der Waals surface area contributed by atoms with Crippen LogP contribution in [-0.2, 0) is 10.2 Å². The molecule has 2 fully saturated rings. The number of rotatable bonds is 4. The normalized spacial score (nSPS) is 31.2. The van der Waals surface area contributed by atoms with E-state index >= 15 is 0 Å². The molecule has 0 aliphatic carbocycles. The van der Waals surface area contributed by atoms with Crippen LogP contribution in [0.15, 0.2) is 0 Å². The van der Waals surface area contributed by atoms with E-state index in [9.17, 15) is 13.5 Å². The topological polar surface area (TPSA) is 67.3 Å². The fourth-order valence-electron chi connectivity index (χ4n) is 2.80. The second-order valence-corrected chi connectivity index (χ2v) is 8.32. The molecule has 0 aromatic heterocycles. The van der Waals surface area contributed by atoms with Crippen LogP contribution in [0.2, 0.25) is 0 Å². The molecule has 0 unspecified atom stereocenters. The molecule has 118 valence electrons. The third-order valence-electron chi connectivity index (χ3n) is 4.20. The zero-order chi connectivity index (χ0) is 15.0. The Balaban J connectivity index is 1.93. The molecule has 0 amide bonds. The molecular formula is C12H26N4O3S. The lowest BCUT2D eigenvalue weighted by atomic mass is 10.0. The highest BCUT2D eigenvalue weighted by molar-refractivity contribution is 7.86. The fourth-order valence-corrected chi connectivity index (χ4v) is 3.99. The predicted octanol–water partition coefficient (Wildman–Crippen LogP) is -1.52. The Labute approximate surface area is 121 Å². The molecule has 2 rings (SSSR count). The molecule has 1 N–H and O–H groups in total. The Morgan fingerprint density at radius 2 is 1.75 bits per heavy atom. The van der Waals surface area contributed by atoms with Crippen LogP contribution < -0.4 is 0 Å². The molecule has 20 heavy (non-hydrogen) atoms. The van der Waals surface area contributed by atoms with Crippen molar-refractivity contribution < 1.29 is 13.5 Å². The Morgan fingerprint density at radius 3 is 2.30 bits per heavy atom. The van der Waals surface area contributed by atoms with E-state index in [4.69, 9.17) is 0 Å². The summed E-state index contributed by atoms with van der Waals surface area (Å²) in [6.45, 7) is 4.99. The summed E-state index contributed by atoms with van der Waals surface area (Å²) in [6.07, 6.45) is 0.506. The largest absolute Gasteiger partial charge is 0.387 e. The average Bonchev–Trinajstić information content (AvgIpc) is 2.75. The molecule has 2 saturated heterocycles. The second kappa shape index (κ2) is 5.86. The van der Waals surface area contributed by atoms with E-state index in [1.54, 1.807) is 0 Å². The van der Waals surface area contributed by atoms with E-state index in [1.807, 2.05) is 0 Å². The minimum atomic E-state index is -3.42. The van der Waals surface area contributed by atoms with E-state index in [2.05, 4.69) is 16.8 Å². The van der Waals surface area contributed by atoms with Crippen LogP contribution in [0, 0.1) is 0 Å². The molecule has 1 atom stereocenters. The van der Waals surface area contributed by atoms with Gasteiger partial charge in [0, 0.05) is 59.9 Å². The van der Waals surface area contributed by atoms with Crippen molar-refractivity contribution in [3.05, 3.63) is 0 Å². The standard InChI is InChI=1S/C12H26N4O3S/c1-13(2)20(18,19)16-5-4-12(17,11-16)10-15-8-6-14(3)7-9-15/h17H,4-11H2,1-3H3/t12-/m1/s1. The van der Waals surface area contributed by atoms with Gasteiger partial charge in [0.1, 0.15) is 0 Å². The number of nitrogens with zero attached hydrogens (tertiary/aromatic N) is 4. The van der Waals surface area contributed by atoms with Crippen LogP contribution >= 0.6 is 0 Å². The van der Waals surface area contributed by atoms with Gasteiger partial charge in [0.2, 0.25) is 0 Å². The van der Waals surface area contributed by atoms with Gasteiger partial charge in [-0.3, -0.25) is 4.90 Å². The quantitative estimate of drug-likeness (QED) is 0.683. The number of hydrogen-bond donors (Lipinski definition) is 1. The van der Waals surface area contributed by atoms with Gasteiger partial charge in [-0.15, -0.1) is 0 Å². The highest BCUT2D eigenvalue weighted by atomic mass is 32.2. The maximum atomic E-state index is 12.1. The maximum absolute atomic E-state index is 12.1. The molecule has 0 spiro atoms. The Hall–Kier alpha value is -0.250. The lowest BCUT2D eigenvalue weighted by Crippen LogP contribution is -2.52. The summed E-state index contributed by atoms with van der Waals surface area (Å²) in [7, 11) is 1.71. The van der Waals surface area contributed by atoms with Crippen molar-refractivity contribution in [3.8, 4) is 0 Å². The number of piperazine rings is 1. The van der Waals surface area contributed by atoms with E-state index < -0.39 is 15.8 Å². The van der Waals surface area contributed by atoms with E-state index in [0.29, 0.717) is 19.5 Å². The van der Waals surface area contributed by atoms with Crippen molar-refractivity contribution in [1.29, 1.82) is 0 Å². The fraction of sp³-hybridized carbons (Fsp3) is 1.00. The van der Waals surface area contributed by atoms with Crippen molar-refractivity contribution in [2.75, 3.05) is 67.0 Å². The molecular weight excluding hydrogens is 280 g/mol. The highest BCUT2D eigenvalue weighted by Crippen LogP contribution is 2.25. The lowest BCUT2D eigenvalue weighted by Gasteiger charge is -2.36. The van der Waals surface area contributed by atoms with Crippen molar-refractivity contribution >= 4 is 10.2 Å². The second-order valence-electron chi connectivity index (χ2n) is 6.18. The Morgan fingerprint density at radius 1 is 1.15 bits per heavy atom. The molecule has 0 aromatic carbocycles. The molecule has 8 heteroatoms. The van der Waals surface area contributed by atoms with Gasteiger partial charge >= 0.3 is 0 Å². The first kappa shape index (κ1) is 16.1. The van der Waals surface area contributed by atoms with Gasteiger partial charge in [-0.25, -0.2) is 0 Å². The summed E-state index contributed by atoms with van der Waals surface area (Å²) in [4.78, 5) is 4.49. The third-order valence-corrected chi connectivity index (χ3v) is 6.09. The molecule has 0 saturated carbocycles. The first-order valence-electron chi connectivity index (χ1n) is 7.04. The summed E-state index contributed by atoms with van der Waals surface area (Å²) in [5.41, 5.74) is -0.918. The van der Waals surface area contributed by atoms with Crippen LogP contribution in [0.25, 0.3) is 0 Å². The first-order chi connectivity index (χ1) is 9.23. The number of β-amino-alcohol motifs (C(OH)–C–C–N with tert-alkyl or cyclic N) is 1. The van der Waals surface area contributed by atoms with Crippen LogP contribution in [0.3, 0.4) is 0 Å². The maximum Gasteiger partial charge on any atom is 0.281 e. The molecule has 2 aliphatic rings. The van der Waals surface area contributed by atoms with E-state index in [-0.39, 0.29) is 6.54 Å². The van der Waals surface area contributed by atoms with Crippen molar-refractivity contribution in [2.24, 2.45) is 0 Å². The van der Waals surface area contributed by atoms with Gasteiger partial charge in [-0.2, -0.15) is 17.0 Å². The number of hydrogen-bond acceptors (Lipinski definition) is 5. The molecule has 0 radical (unpaired) electrons. The van der Waals surface area contributed by atoms with Gasteiger partial charge in [-0.05, 0) is 13.5 Å². The lowest BCUT2D eigenvalue weighted by molar-refractivity contribution is 0.00406. The molecule has 7 nitrogen and oxygen atoms in total. The average molecular weight is 306 g/mol. The van der Waals surface area contributed by atoms with Crippen LogP contribution in [-0.4, -0.2) is 104 Å². The van der Waals surface area contributed by atoms with E-state index in [1.165, 1.54) is 22.7 Å². The van der Waals surface area contributed by atoms with Crippen LogP contribution in [0.1, 0.15) is 6.42 Å². The Kier molecular flexibility index (Phi) is 4.73. The van der Waals surface area contributed by atoms with Gasteiger partial charge in [0.25, 0.3) is 10.2 Å². The molecule has 0 aromatic rings. The summed E-state index contributed by atoms with van der Waals surface area (Å²) >= 11 is 0. The number of likely N-dealkylation sites (N-methyl/N-ethyl adjacent to an activating group) is 1. The zero-order valence-electron chi connectivity index (χ0n) is 12.6. The third kappa shape index (κ3) is 3.49. The SMILES string of the molecule is CN1CCN(C[C@]2(O)CCN(S(=O)(=O)N(C)C)C2)CC1. The summed E-state index contributed by atoms with van der Waals surface area (Å²) in [6, 6.07) is 0. The minimum absolute atomic E-state index is 0.194. The van der Waals surface area contributed by atoms with Gasteiger partial charge in [0.15, 0.2) is 0 Å². The van der Waals surface area contributed by atoms with Crippen molar-refractivity contribution in [3.63, 3.8) is 0 Å². The summed E-state index contributed by atoms with van der Waals surface area (Å²) in [5, 5.41) is 10.6. The minimum Gasteiger partial charge on any atom is -0.387 e. The van der Waals surface area contributed by atoms with Crippen LogP contribution in [0.4, 0.5) is 0 Å². The smallest absolute Gasteiger partial charge is 0.281 e. The Bertz CT molecular complexity index is 434. The monoisotopic (exact) mass is 306 g/mol. The van der Waals surface area contributed by atoms with Crippen molar-refractivity contribution in [1.82, 2.24) is 18.4 Å². The van der Waals surface area contributed by atoms with Gasteiger partial charge < -0.3 is 10.0 Å². The van der Waals surface area contributed by atoms with Crippen molar-refractivity contribution in [2.45, 2.75) is 12.0 Å². The number of aliphatic hydroxyl groups is 1. The molecule has 2 heterocycles. The van der Waals surface area contributed by atoms with Crippen LogP contribution in [0.5, 0.6) is 0 Å². The summed E-state index contributed by atoms with van der Waals surface area (Å²) < 4.78 is 26.7. The highest BCUT2D eigenvalue weighted by Gasteiger charge is 2.43. The zero-order valence-corrected chi connectivity index (χ0v) is 13.4. The predicted molar refractivity (Wildman–Crippen MR) is 77.7 cm³/mol. The molecule has 2 aliphatic heterocycles.